The van der Waals surface area contributed by atoms with E-state index in [0.717, 1.165) is 24.2 Å². The Hall–Kier alpha value is -1.33. The molecule has 1 aliphatic carbocycles. The van der Waals surface area contributed by atoms with Gasteiger partial charge in [0, 0.05) is 18.2 Å². The quantitative estimate of drug-likeness (QED) is 0.740. The van der Waals surface area contributed by atoms with Crippen LogP contribution in [0.3, 0.4) is 0 Å². The van der Waals surface area contributed by atoms with Gasteiger partial charge in [-0.2, -0.15) is 0 Å². The Morgan fingerprint density at radius 3 is 2.94 bits per heavy atom. The predicted molar refractivity (Wildman–Crippen MR) is 66.3 cm³/mol. The van der Waals surface area contributed by atoms with Crippen LogP contribution in [0.4, 0.5) is 5.69 Å². The summed E-state index contributed by atoms with van der Waals surface area (Å²) in [4.78, 5) is 0.200. The summed E-state index contributed by atoms with van der Waals surface area (Å²) in [6.07, 6.45) is 5.34. The SMILES string of the molecule is NS(=O)(=O)c1ccc2c(c1)C1CC=CC1CN2. The van der Waals surface area contributed by atoms with Gasteiger partial charge in [-0.25, -0.2) is 13.6 Å². The molecule has 0 bridgehead atoms. The number of nitrogens with one attached hydrogen (secondary N) is 1. The number of benzene rings is 1. The lowest BCUT2D eigenvalue weighted by Crippen LogP contribution is -2.24. The predicted octanol–water partition coefficient (Wildman–Crippen LogP) is 1.42. The fourth-order valence-corrected chi connectivity index (χ4v) is 3.24. The Morgan fingerprint density at radius 1 is 1.35 bits per heavy atom. The van der Waals surface area contributed by atoms with E-state index in [1.807, 2.05) is 6.07 Å². The molecule has 1 heterocycles. The van der Waals surface area contributed by atoms with Crippen LogP contribution in [-0.2, 0) is 10.0 Å². The van der Waals surface area contributed by atoms with Crippen LogP contribution in [-0.4, -0.2) is 15.0 Å². The van der Waals surface area contributed by atoms with Crippen molar-refractivity contribution in [2.24, 2.45) is 11.1 Å². The number of anilines is 1. The highest BCUT2D eigenvalue weighted by atomic mass is 32.2. The van der Waals surface area contributed by atoms with Crippen LogP contribution in [0.1, 0.15) is 17.9 Å². The fourth-order valence-electron chi connectivity index (χ4n) is 2.69. The summed E-state index contributed by atoms with van der Waals surface area (Å²) >= 11 is 0. The number of nitrogens with two attached hydrogens (primary N) is 1. The molecule has 1 aliphatic heterocycles. The topological polar surface area (TPSA) is 72.2 Å². The zero-order chi connectivity index (χ0) is 12.0. The second-order valence-electron chi connectivity index (χ2n) is 4.61. The summed E-state index contributed by atoms with van der Waals surface area (Å²) < 4.78 is 22.7. The van der Waals surface area contributed by atoms with E-state index >= 15 is 0 Å². The maximum absolute atomic E-state index is 11.4. The first-order valence-electron chi connectivity index (χ1n) is 5.63. The number of fused-ring (bicyclic) bond motifs is 3. The van der Waals surface area contributed by atoms with E-state index in [1.54, 1.807) is 12.1 Å². The first kappa shape index (κ1) is 10.8. The maximum Gasteiger partial charge on any atom is 0.238 e. The van der Waals surface area contributed by atoms with Crippen molar-refractivity contribution in [3.05, 3.63) is 35.9 Å². The van der Waals surface area contributed by atoms with Crippen molar-refractivity contribution >= 4 is 15.7 Å². The summed E-state index contributed by atoms with van der Waals surface area (Å²) in [7, 11) is -3.61. The molecule has 0 radical (unpaired) electrons. The molecule has 90 valence electrons. The van der Waals surface area contributed by atoms with Crippen LogP contribution in [0.5, 0.6) is 0 Å². The first-order chi connectivity index (χ1) is 8.05. The van der Waals surface area contributed by atoms with Gasteiger partial charge in [0.1, 0.15) is 0 Å². The van der Waals surface area contributed by atoms with Gasteiger partial charge >= 0.3 is 0 Å². The Kier molecular flexibility index (Phi) is 2.27. The molecule has 0 amide bonds. The zero-order valence-electron chi connectivity index (χ0n) is 9.26. The van der Waals surface area contributed by atoms with Gasteiger partial charge in [0.15, 0.2) is 0 Å². The van der Waals surface area contributed by atoms with Crippen LogP contribution in [0, 0.1) is 5.92 Å². The lowest BCUT2D eigenvalue weighted by molar-refractivity contribution is 0.546. The summed E-state index contributed by atoms with van der Waals surface area (Å²) in [6, 6.07) is 5.08. The lowest BCUT2D eigenvalue weighted by atomic mass is 9.84. The van der Waals surface area contributed by atoms with E-state index in [4.69, 9.17) is 5.14 Å². The molecule has 0 spiro atoms. The molecule has 2 unspecified atom stereocenters. The van der Waals surface area contributed by atoms with E-state index in [0.29, 0.717) is 11.8 Å². The molecule has 0 saturated heterocycles. The minimum Gasteiger partial charge on any atom is -0.384 e. The highest BCUT2D eigenvalue weighted by Crippen LogP contribution is 2.42. The molecule has 5 heteroatoms. The molecule has 0 fully saturated rings. The van der Waals surface area contributed by atoms with Gasteiger partial charge in [0.2, 0.25) is 10.0 Å². The smallest absolute Gasteiger partial charge is 0.238 e. The molecule has 3 rings (SSSR count). The molecule has 4 nitrogen and oxygen atoms in total. The molecule has 1 aromatic rings. The van der Waals surface area contributed by atoms with Crippen molar-refractivity contribution in [2.75, 3.05) is 11.9 Å². The highest BCUT2D eigenvalue weighted by Gasteiger charge is 2.30. The normalized spacial score (nSPS) is 26.2. The van der Waals surface area contributed by atoms with Crippen LogP contribution in [0.25, 0.3) is 0 Å². The van der Waals surface area contributed by atoms with Gasteiger partial charge in [-0.3, -0.25) is 0 Å². The number of primary sulfonamides is 1. The van der Waals surface area contributed by atoms with Gasteiger partial charge in [0.25, 0.3) is 0 Å². The Morgan fingerprint density at radius 2 is 2.18 bits per heavy atom. The maximum atomic E-state index is 11.4. The molecule has 0 saturated carbocycles. The van der Waals surface area contributed by atoms with E-state index in [1.165, 1.54) is 0 Å². The third kappa shape index (κ3) is 1.75. The number of allylic oxidation sites excluding steroid dienone is 1. The van der Waals surface area contributed by atoms with Gasteiger partial charge in [0.05, 0.1) is 4.90 Å². The van der Waals surface area contributed by atoms with Crippen molar-refractivity contribution in [3.63, 3.8) is 0 Å². The first-order valence-corrected chi connectivity index (χ1v) is 7.17. The average molecular weight is 250 g/mol. The van der Waals surface area contributed by atoms with Crippen LogP contribution in [0.2, 0.25) is 0 Å². The summed E-state index contributed by atoms with van der Waals surface area (Å²) in [6.45, 7) is 0.920. The fraction of sp³-hybridized carbons (Fsp3) is 0.333. The molecule has 2 aliphatic rings. The number of sulfonamides is 1. The molecular formula is C12H14N2O2S. The van der Waals surface area contributed by atoms with Crippen LogP contribution in [0.15, 0.2) is 35.2 Å². The average Bonchev–Trinajstić information content (AvgIpc) is 2.75. The van der Waals surface area contributed by atoms with Gasteiger partial charge in [-0.1, -0.05) is 12.2 Å². The molecule has 1 aromatic carbocycles. The molecule has 0 aromatic heterocycles. The van der Waals surface area contributed by atoms with Gasteiger partial charge in [-0.05, 0) is 36.1 Å². The Balaban J connectivity index is 2.11. The van der Waals surface area contributed by atoms with Crippen LogP contribution < -0.4 is 10.5 Å². The summed E-state index contributed by atoms with van der Waals surface area (Å²) in [5, 5.41) is 8.49. The zero-order valence-corrected chi connectivity index (χ0v) is 10.1. The van der Waals surface area contributed by atoms with Crippen molar-refractivity contribution in [2.45, 2.75) is 17.2 Å². The third-order valence-corrected chi connectivity index (χ3v) is 4.48. The standard InChI is InChI=1S/C12H14N2O2S/c13-17(15,16)9-4-5-12-11(6-9)10-3-1-2-8(10)7-14-12/h1-2,4-6,8,10,14H,3,7H2,(H2,13,15,16). The van der Waals surface area contributed by atoms with Crippen molar-refractivity contribution in [1.82, 2.24) is 0 Å². The summed E-state index contributed by atoms with van der Waals surface area (Å²) in [5.41, 5.74) is 2.10. The number of rotatable bonds is 1. The van der Waals surface area contributed by atoms with E-state index in [-0.39, 0.29) is 4.90 Å². The van der Waals surface area contributed by atoms with Crippen molar-refractivity contribution in [3.8, 4) is 0 Å². The third-order valence-electron chi connectivity index (χ3n) is 3.57. The molecule has 17 heavy (non-hydrogen) atoms. The Labute approximate surface area is 101 Å². The second-order valence-corrected chi connectivity index (χ2v) is 6.17. The molecule has 3 N–H and O–H groups in total. The van der Waals surface area contributed by atoms with E-state index < -0.39 is 10.0 Å². The minimum absolute atomic E-state index is 0.200. The lowest BCUT2D eigenvalue weighted by Gasteiger charge is -2.29. The van der Waals surface area contributed by atoms with Crippen LogP contribution >= 0.6 is 0 Å². The van der Waals surface area contributed by atoms with Gasteiger partial charge < -0.3 is 5.32 Å². The monoisotopic (exact) mass is 250 g/mol. The largest absolute Gasteiger partial charge is 0.384 e. The molecule has 2 atom stereocenters. The van der Waals surface area contributed by atoms with E-state index in [2.05, 4.69) is 17.5 Å². The second kappa shape index (κ2) is 3.58. The van der Waals surface area contributed by atoms with Gasteiger partial charge in [-0.15, -0.1) is 0 Å². The molecular weight excluding hydrogens is 236 g/mol. The summed E-state index contributed by atoms with van der Waals surface area (Å²) in [5.74, 6) is 0.867. The number of hydrogen-bond donors (Lipinski definition) is 2. The Bertz CT molecular complexity index is 593. The van der Waals surface area contributed by atoms with Crippen molar-refractivity contribution < 1.29 is 8.42 Å². The minimum atomic E-state index is -3.61. The highest BCUT2D eigenvalue weighted by molar-refractivity contribution is 7.89. The van der Waals surface area contributed by atoms with E-state index in [9.17, 15) is 8.42 Å². The number of hydrogen-bond acceptors (Lipinski definition) is 3. The van der Waals surface area contributed by atoms with Crippen molar-refractivity contribution in [1.29, 1.82) is 0 Å².